The van der Waals surface area contributed by atoms with E-state index in [1.54, 1.807) is 0 Å². The number of hydrogen-bond donors (Lipinski definition) is 4. The second kappa shape index (κ2) is 6.37. The Morgan fingerprint density at radius 1 is 1.55 bits per heavy atom. The van der Waals surface area contributed by atoms with Gasteiger partial charge in [0, 0.05) is 6.07 Å². The number of rotatable bonds is 5. The van der Waals surface area contributed by atoms with E-state index in [0.717, 1.165) is 0 Å². The molecule has 0 bridgehead atoms. The molecule has 122 valence electrons. The van der Waals surface area contributed by atoms with Crippen LogP contribution in [0.25, 0.3) is 0 Å². The summed E-state index contributed by atoms with van der Waals surface area (Å²) in [5, 5.41) is 9.73. The van der Waals surface area contributed by atoms with Crippen molar-refractivity contribution in [2.75, 3.05) is 6.61 Å². The third-order valence-corrected chi connectivity index (χ3v) is 3.59. The number of nitrogens with zero attached hydrogens (tertiary/aromatic N) is 1. The molecule has 1 aliphatic rings. The van der Waals surface area contributed by atoms with E-state index in [0.29, 0.717) is 0 Å². The van der Waals surface area contributed by atoms with Crippen molar-refractivity contribution in [3.8, 4) is 0 Å². The number of phosphoric acid groups is 1. The van der Waals surface area contributed by atoms with Gasteiger partial charge in [-0.2, -0.15) is 4.57 Å². The maximum absolute atomic E-state index is 14.1. The molecule has 9 nitrogen and oxygen atoms in total. The summed E-state index contributed by atoms with van der Waals surface area (Å²) in [6.45, 7) is -0.682. The molecular formula is C11H15FN2O7P+. The Morgan fingerprint density at radius 2 is 2.23 bits per heavy atom. The van der Waals surface area contributed by atoms with Crippen LogP contribution in [0.3, 0.4) is 0 Å². The highest BCUT2D eigenvalue weighted by atomic mass is 31.2. The molecule has 1 amide bonds. The van der Waals surface area contributed by atoms with Crippen molar-refractivity contribution >= 4 is 13.7 Å². The van der Waals surface area contributed by atoms with Crippen molar-refractivity contribution < 1.29 is 42.5 Å². The summed E-state index contributed by atoms with van der Waals surface area (Å²) in [6.07, 6.45) is -3.40. The second-order valence-electron chi connectivity index (χ2n) is 4.69. The zero-order valence-corrected chi connectivity index (χ0v) is 12.0. The first kappa shape index (κ1) is 16.9. The minimum atomic E-state index is -4.76. The van der Waals surface area contributed by atoms with E-state index in [1.165, 1.54) is 29.1 Å². The van der Waals surface area contributed by atoms with Crippen LogP contribution in [0.5, 0.6) is 0 Å². The molecule has 4 unspecified atom stereocenters. The molecule has 0 aromatic carbocycles. The number of aliphatic hydroxyl groups excluding tert-OH is 1. The fourth-order valence-electron chi connectivity index (χ4n) is 2.05. The first-order valence-corrected chi connectivity index (χ1v) is 7.70. The van der Waals surface area contributed by atoms with Crippen LogP contribution in [0.2, 0.25) is 0 Å². The van der Waals surface area contributed by atoms with Gasteiger partial charge in [-0.15, -0.1) is 0 Å². The van der Waals surface area contributed by atoms with Gasteiger partial charge in [0.1, 0.15) is 17.8 Å². The number of carbonyl (C=O) groups excluding carboxylic acids is 1. The molecule has 0 saturated carbocycles. The van der Waals surface area contributed by atoms with E-state index in [2.05, 4.69) is 4.52 Å². The van der Waals surface area contributed by atoms with Gasteiger partial charge in [0.05, 0.1) is 6.61 Å². The lowest BCUT2D eigenvalue weighted by molar-refractivity contribution is -0.764. The van der Waals surface area contributed by atoms with Crippen LogP contribution < -0.4 is 10.3 Å². The lowest BCUT2D eigenvalue weighted by atomic mass is 10.1. The smallest absolute Gasteiger partial charge is 0.387 e. The lowest BCUT2D eigenvalue weighted by Gasteiger charge is -2.13. The van der Waals surface area contributed by atoms with Crippen molar-refractivity contribution in [1.29, 1.82) is 0 Å². The summed E-state index contributed by atoms with van der Waals surface area (Å²) in [6, 6.07) is 2.87. The molecule has 0 aliphatic carbocycles. The van der Waals surface area contributed by atoms with Crippen LogP contribution in [0.1, 0.15) is 16.6 Å². The van der Waals surface area contributed by atoms with Gasteiger partial charge >= 0.3 is 7.82 Å². The molecule has 5 N–H and O–H groups in total. The normalized spacial score (nSPS) is 28.7. The number of aliphatic hydroxyl groups is 1. The van der Waals surface area contributed by atoms with Gasteiger partial charge in [-0.1, -0.05) is 0 Å². The molecule has 1 aliphatic heterocycles. The van der Waals surface area contributed by atoms with Crippen molar-refractivity contribution in [3.63, 3.8) is 0 Å². The summed E-state index contributed by atoms with van der Waals surface area (Å²) in [4.78, 5) is 28.3. The molecular weight excluding hydrogens is 322 g/mol. The highest BCUT2D eigenvalue weighted by molar-refractivity contribution is 7.46. The fourth-order valence-corrected chi connectivity index (χ4v) is 2.39. The summed E-state index contributed by atoms with van der Waals surface area (Å²) in [5.41, 5.74) is 5.24. The van der Waals surface area contributed by atoms with Crippen LogP contribution >= 0.6 is 7.82 Å². The van der Waals surface area contributed by atoms with Crippen LogP contribution in [0.15, 0.2) is 24.5 Å². The SMILES string of the molecule is NC(=O)c1ccc[n+](C2OC(COP(=O)(O)O)C(O)C2F)c1. The molecule has 1 saturated heterocycles. The van der Waals surface area contributed by atoms with Gasteiger partial charge in [0.2, 0.25) is 6.17 Å². The molecule has 0 radical (unpaired) electrons. The van der Waals surface area contributed by atoms with Gasteiger partial charge in [-0.05, 0) is 6.07 Å². The molecule has 1 aromatic heterocycles. The lowest BCUT2D eigenvalue weighted by Crippen LogP contribution is -2.45. The number of primary amides is 1. The summed E-state index contributed by atoms with van der Waals surface area (Å²) < 4.78 is 35.4. The van der Waals surface area contributed by atoms with Crippen molar-refractivity contribution in [2.45, 2.75) is 24.6 Å². The van der Waals surface area contributed by atoms with E-state index in [9.17, 15) is 18.9 Å². The second-order valence-corrected chi connectivity index (χ2v) is 5.93. The van der Waals surface area contributed by atoms with Crippen molar-refractivity contribution in [1.82, 2.24) is 0 Å². The number of halogens is 1. The average molecular weight is 337 g/mol. The number of nitrogens with two attached hydrogens (primary N) is 1. The monoisotopic (exact) mass is 337 g/mol. The number of ether oxygens (including phenoxy) is 1. The van der Waals surface area contributed by atoms with Crippen molar-refractivity contribution in [3.05, 3.63) is 30.1 Å². The largest absolute Gasteiger partial charge is 0.469 e. The van der Waals surface area contributed by atoms with E-state index in [1.807, 2.05) is 0 Å². The van der Waals surface area contributed by atoms with E-state index in [-0.39, 0.29) is 5.56 Å². The van der Waals surface area contributed by atoms with Gasteiger partial charge in [-0.3, -0.25) is 9.32 Å². The van der Waals surface area contributed by atoms with Gasteiger partial charge in [0.15, 0.2) is 12.4 Å². The quantitative estimate of drug-likeness (QED) is 0.389. The minimum Gasteiger partial charge on any atom is -0.387 e. The minimum absolute atomic E-state index is 0.114. The molecule has 2 heterocycles. The Morgan fingerprint density at radius 3 is 2.82 bits per heavy atom. The van der Waals surface area contributed by atoms with Crippen LogP contribution in [0.4, 0.5) is 4.39 Å². The number of phosphoric ester groups is 1. The predicted octanol–water partition coefficient (Wildman–Crippen LogP) is -1.22. The maximum Gasteiger partial charge on any atom is 0.469 e. The number of hydrogen-bond acceptors (Lipinski definition) is 5. The molecule has 11 heteroatoms. The molecule has 1 aromatic rings. The number of alkyl halides is 1. The Labute approximate surface area is 124 Å². The Kier molecular flexibility index (Phi) is 4.90. The molecule has 2 rings (SSSR count). The molecule has 4 atom stereocenters. The third-order valence-electron chi connectivity index (χ3n) is 3.10. The number of aromatic nitrogens is 1. The number of amides is 1. The highest BCUT2D eigenvalue weighted by Crippen LogP contribution is 2.38. The van der Waals surface area contributed by atoms with Gasteiger partial charge in [0.25, 0.3) is 12.1 Å². The Balaban J connectivity index is 2.14. The number of pyridine rings is 1. The standard InChI is InChI=1S/C11H14FN2O7P/c12-8-9(15)7(5-20-22(17,18)19)21-11(8)14-3-1-2-6(4-14)10(13)16/h1-4,7-9,11,15H,5H2,(H3-,13,16,17,18,19)/p+1. The summed E-state index contributed by atoms with van der Waals surface area (Å²) in [5.74, 6) is -0.718. The van der Waals surface area contributed by atoms with Gasteiger partial charge in [-0.25, -0.2) is 8.96 Å². The zero-order chi connectivity index (χ0) is 16.5. The Bertz CT molecular complexity index is 610. The Hall–Kier alpha value is -1.42. The highest BCUT2D eigenvalue weighted by Gasteiger charge is 2.50. The first-order chi connectivity index (χ1) is 10.2. The third kappa shape index (κ3) is 3.86. The zero-order valence-electron chi connectivity index (χ0n) is 11.2. The summed E-state index contributed by atoms with van der Waals surface area (Å²) in [7, 11) is -4.76. The van der Waals surface area contributed by atoms with E-state index < -0.39 is 44.9 Å². The van der Waals surface area contributed by atoms with E-state index in [4.69, 9.17) is 20.3 Å². The van der Waals surface area contributed by atoms with E-state index >= 15 is 0 Å². The molecule has 1 fully saturated rings. The van der Waals surface area contributed by atoms with Crippen LogP contribution in [0, 0.1) is 0 Å². The average Bonchev–Trinajstić information content (AvgIpc) is 2.72. The fraction of sp³-hybridized carbons (Fsp3) is 0.455. The molecule has 22 heavy (non-hydrogen) atoms. The molecule has 0 spiro atoms. The predicted molar refractivity (Wildman–Crippen MR) is 68.0 cm³/mol. The van der Waals surface area contributed by atoms with Crippen molar-refractivity contribution in [2.24, 2.45) is 5.73 Å². The van der Waals surface area contributed by atoms with Crippen LogP contribution in [-0.2, 0) is 13.8 Å². The van der Waals surface area contributed by atoms with Crippen LogP contribution in [-0.4, -0.2) is 45.8 Å². The first-order valence-electron chi connectivity index (χ1n) is 6.17. The number of carbonyl (C=O) groups is 1. The summed E-state index contributed by atoms with van der Waals surface area (Å²) >= 11 is 0. The topological polar surface area (TPSA) is 143 Å². The maximum atomic E-state index is 14.1. The van der Waals surface area contributed by atoms with Gasteiger partial charge < -0.3 is 25.4 Å².